The Morgan fingerprint density at radius 1 is 1.15 bits per heavy atom. The van der Waals surface area contributed by atoms with E-state index in [4.69, 9.17) is 21.1 Å². The monoisotopic (exact) mass is 585 g/mol. The second kappa shape index (κ2) is 14.6. The van der Waals surface area contributed by atoms with Gasteiger partial charge in [0.2, 0.25) is 11.6 Å². The van der Waals surface area contributed by atoms with E-state index < -0.39 is 10.0 Å². The molecule has 0 bridgehead atoms. The predicted molar refractivity (Wildman–Crippen MR) is 163 cm³/mol. The molecule has 214 valence electrons. The van der Waals surface area contributed by atoms with Crippen LogP contribution in [0.25, 0.3) is 0 Å². The predicted octanol–water partition coefficient (Wildman–Crippen LogP) is 6.99. The van der Waals surface area contributed by atoms with Crippen LogP contribution in [0, 0.1) is 0 Å². The first kappa shape index (κ1) is 32.5. The van der Waals surface area contributed by atoms with Crippen molar-refractivity contribution in [3.8, 4) is 5.75 Å². The molecule has 1 aromatic heterocycles. The summed E-state index contributed by atoms with van der Waals surface area (Å²) in [7, 11) is -2.61. The first-order valence-electron chi connectivity index (χ1n) is 12.7. The van der Waals surface area contributed by atoms with E-state index in [1.807, 2.05) is 46.8 Å². The Balaban J connectivity index is 0.00000274. The molecule has 40 heavy (non-hydrogen) atoms. The van der Waals surface area contributed by atoms with Gasteiger partial charge >= 0.3 is 0 Å². The number of rotatable bonds is 8. The van der Waals surface area contributed by atoms with E-state index >= 15 is 0 Å². The first-order chi connectivity index (χ1) is 19.0. The number of benzene rings is 1. The van der Waals surface area contributed by atoms with Crippen molar-refractivity contribution in [1.29, 1.82) is 0 Å². The fraction of sp³-hybridized carbons (Fsp3) is 0.310. The average molecular weight is 586 g/mol. The van der Waals surface area contributed by atoms with E-state index in [1.54, 1.807) is 37.3 Å². The zero-order chi connectivity index (χ0) is 29.9. The summed E-state index contributed by atoms with van der Waals surface area (Å²) in [5.41, 5.74) is 0.849. The van der Waals surface area contributed by atoms with Crippen molar-refractivity contribution < 1.29 is 17.9 Å². The van der Waals surface area contributed by atoms with Crippen LogP contribution in [0.15, 0.2) is 87.2 Å². The van der Waals surface area contributed by atoms with Crippen LogP contribution in [0.3, 0.4) is 0 Å². The third-order valence-electron chi connectivity index (χ3n) is 5.28. The molecule has 3 rings (SSSR count). The average Bonchev–Trinajstić information content (AvgIpc) is 3.16. The van der Waals surface area contributed by atoms with Crippen molar-refractivity contribution in [2.24, 2.45) is 9.98 Å². The van der Waals surface area contributed by atoms with E-state index in [0.717, 1.165) is 5.56 Å². The van der Waals surface area contributed by atoms with Crippen LogP contribution in [0.5, 0.6) is 5.75 Å². The number of methoxy groups -OCH3 is 1. The van der Waals surface area contributed by atoms with Crippen molar-refractivity contribution in [3.05, 3.63) is 88.9 Å². The Kier molecular flexibility index (Phi) is 11.8. The number of hydrogen-bond acceptors (Lipinski definition) is 7. The van der Waals surface area contributed by atoms with Crippen molar-refractivity contribution in [1.82, 2.24) is 9.97 Å². The van der Waals surface area contributed by atoms with E-state index in [1.165, 1.54) is 25.4 Å². The minimum Gasteiger partial charge on any atom is -0.493 e. The van der Waals surface area contributed by atoms with E-state index in [9.17, 15) is 8.42 Å². The molecular formula is C29H36ClN5O4S. The second-order valence-electron chi connectivity index (χ2n) is 9.06. The van der Waals surface area contributed by atoms with Crippen molar-refractivity contribution in [2.75, 3.05) is 11.8 Å². The molecule has 0 saturated carbocycles. The highest BCUT2D eigenvalue weighted by molar-refractivity contribution is 7.92. The molecular weight excluding hydrogens is 550 g/mol. The zero-order valence-electron chi connectivity index (χ0n) is 23.9. The molecule has 0 amide bonds. The molecule has 0 spiro atoms. The number of nitrogens with zero attached hydrogens (tertiary/aromatic N) is 4. The minimum atomic E-state index is -4.11. The van der Waals surface area contributed by atoms with Crippen LogP contribution in [-0.4, -0.2) is 38.0 Å². The molecule has 1 aliphatic carbocycles. The summed E-state index contributed by atoms with van der Waals surface area (Å²) in [6.45, 7) is 15.4. The lowest BCUT2D eigenvalue weighted by Crippen LogP contribution is -2.18. The number of amidine groups is 1. The maximum absolute atomic E-state index is 13.4. The van der Waals surface area contributed by atoms with Crippen molar-refractivity contribution in [3.63, 3.8) is 0 Å². The van der Waals surface area contributed by atoms with Gasteiger partial charge in [0.05, 0.1) is 12.0 Å². The van der Waals surface area contributed by atoms with Gasteiger partial charge in [-0.3, -0.25) is 4.72 Å². The number of anilines is 1. The number of hydrogen-bond donors (Lipinski definition) is 1. The molecule has 1 aliphatic rings. The Hall–Kier alpha value is -3.76. The number of aliphatic imine (C=N–C) groups is 2. The topological polar surface area (TPSA) is 115 Å². The van der Waals surface area contributed by atoms with Gasteiger partial charge in [-0.25, -0.2) is 28.4 Å². The van der Waals surface area contributed by atoms with Crippen LogP contribution in [0.1, 0.15) is 59.4 Å². The van der Waals surface area contributed by atoms with Gasteiger partial charge < -0.3 is 9.47 Å². The molecule has 0 unspecified atom stereocenters. The Morgan fingerprint density at radius 2 is 1.82 bits per heavy atom. The van der Waals surface area contributed by atoms with E-state index in [-0.39, 0.29) is 38.7 Å². The van der Waals surface area contributed by atoms with Gasteiger partial charge in [-0.2, -0.15) is 0 Å². The van der Waals surface area contributed by atoms with Crippen LogP contribution >= 0.6 is 11.6 Å². The standard InChI is InChI=1S/C27H30ClN5O4S.C2H6/c1-7-17-30-25(29-5)26-31-23(28)22(37-21-12-10-8-9-11-20(21)36-6)24(32-26)33-38(34,35)19-15-13-18(14-16-19)27(2,3)4;1-2/h7-8,10-17H,5,9H2,1-4,6H3,(H,31,32,33);1-2H3/b17-7-,30-25?;. The molecule has 1 N–H and O–H groups in total. The number of allylic oxidation sites excluding steroid dienone is 5. The minimum absolute atomic E-state index is 0.0338. The first-order valence-corrected chi connectivity index (χ1v) is 14.5. The van der Waals surface area contributed by atoms with Gasteiger partial charge in [0.25, 0.3) is 10.0 Å². The highest BCUT2D eigenvalue weighted by Gasteiger charge is 2.25. The Labute approximate surface area is 242 Å². The summed E-state index contributed by atoms with van der Waals surface area (Å²) in [6, 6.07) is 6.60. The Morgan fingerprint density at radius 3 is 2.40 bits per heavy atom. The number of sulfonamides is 1. The molecule has 2 aromatic rings. The van der Waals surface area contributed by atoms with Crippen molar-refractivity contribution in [2.45, 2.75) is 58.3 Å². The number of nitrogens with one attached hydrogen (secondary N) is 1. The van der Waals surface area contributed by atoms with Crippen LogP contribution in [0.4, 0.5) is 5.82 Å². The highest BCUT2D eigenvalue weighted by atomic mass is 35.5. The third kappa shape index (κ3) is 8.37. The third-order valence-corrected chi connectivity index (χ3v) is 6.89. The normalized spacial score (nSPS) is 13.9. The second-order valence-corrected chi connectivity index (χ2v) is 11.1. The molecule has 1 aromatic carbocycles. The van der Waals surface area contributed by atoms with Crippen LogP contribution in [-0.2, 0) is 20.2 Å². The van der Waals surface area contributed by atoms with Crippen LogP contribution in [0.2, 0.25) is 5.15 Å². The van der Waals surface area contributed by atoms with E-state index in [0.29, 0.717) is 17.9 Å². The molecule has 1 heterocycles. The molecule has 0 fully saturated rings. The fourth-order valence-corrected chi connectivity index (χ4v) is 4.50. The summed E-state index contributed by atoms with van der Waals surface area (Å²) < 4.78 is 40.8. The number of ether oxygens (including phenoxy) is 2. The lowest BCUT2D eigenvalue weighted by atomic mass is 9.87. The Bertz CT molecular complexity index is 1450. The molecule has 0 radical (unpaired) electrons. The quantitative estimate of drug-likeness (QED) is 0.203. The molecule has 9 nitrogen and oxygen atoms in total. The SMILES string of the molecule is C=NC(=N/C=C\C)c1nc(Cl)c(OC2=CC=CCC=C2OC)c(NS(=O)(=O)c2ccc(C(C)(C)C)cc2)n1.CC. The van der Waals surface area contributed by atoms with E-state index in [2.05, 4.69) is 31.4 Å². The number of halogens is 1. The maximum atomic E-state index is 13.4. The molecule has 0 atom stereocenters. The van der Waals surface area contributed by atoms with Gasteiger partial charge in [0.1, 0.15) is 0 Å². The van der Waals surface area contributed by atoms with Gasteiger partial charge in [-0.05, 0) is 55.3 Å². The highest BCUT2D eigenvalue weighted by Crippen LogP contribution is 2.35. The van der Waals surface area contributed by atoms with Gasteiger partial charge in [-0.15, -0.1) is 0 Å². The molecule has 0 aliphatic heterocycles. The molecule has 11 heteroatoms. The maximum Gasteiger partial charge on any atom is 0.263 e. The van der Waals surface area contributed by atoms with Gasteiger partial charge in [-0.1, -0.05) is 76.6 Å². The summed E-state index contributed by atoms with van der Waals surface area (Å²) in [4.78, 5) is 16.6. The van der Waals surface area contributed by atoms with Gasteiger partial charge in [0, 0.05) is 6.20 Å². The number of aromatic nitrogens is 2. The largest absolute Gasteiger partial charge is 0.493 e. The summed E-state index contributed by atoms with van der Waals surface area (Å²) in [5, 5.41) is -0.169. The lowest BCUT2D eigenvalue weighted by molar-refractivity contribution is 0.261. The summed E-state index contributed by atoms with van der Waals surface area (Å²) in [6.07, 6.45) is 10.9. The van der Waals surface area contributed by atoms with Gasteiger partial charge in [0.15, 0.2) is 28.3 Å². The summed E-state index contributed by atoms with van der Waals surface area (Å²) in [5.74, 6) is 0.392. The van der Waals surface area contributed by atoms with Crippen molar-refractivity contribution >= 4 is 40.0 Å². The summed E-state index contributed by atoms with van der Waals surface area (Å²) >= 11 is 6.51. The van der Waals surface area contributed by atoms with Crippen LogP contribution < -0.4 is 9.46 Å². The smallest absolute Gasteiger partial charge is 0.263 e. The zero-order valence-corrected chi connectivity index (χ0v) is 25.5. The molecule has 0 saturated heterocycles. The fourth-order valence-electron chi connectivity index (χ4n) is 3.29. The lowest BCUT2D eigenvalue weighted by Gasteiger charge is -2.19.